The largest absolute Gasteiger partial charge is 0.398 e. The summed E-state index contributed by atoms with van der Waals surface area (Å²) in [6.45, 7) is 0. The van der Waals surface area contributed by atoms with Gasteiger partial charge >= 0.3 is 0 Å². The highest BCUT2D eigenvalue weighted by Crippen LogP contribution is 2.24. The van der Waals surface area contributed by atoms with Gasteiger partial charge in [-0.25, -0.2) is 8.42 Å². The summed E-state index contributed by atoms with van der Waals surface area (Å²) >= 11 is 2.55. The van der Waals surface area contributed by atoms with E-state index in [1.807, 2.05) is 18.2 Å². The van der Waals surface area contributed by atoms with Crippen molar-refractivity contribution in [1.29, 1.82) is 0 Å². The van der Waals surface area contributed by atoms with Crippen molar-refractivity contribution in [2.75, 3.05) is 22.0 Å². The quantitative estimate of drug-likeness (QED) is 0.621. The van der Waals surface area contributed by atoms with Gasteiger partial charge in [0.2, 0.25) is 15.2 Å². The summed E-state index contributed by atoms with van der Waals surface area (Å²) in [5.41, 5.74) is 7.90. The summed E-state index contributed by atoms with van der Waals surface area (Å²) in [5.74, 6) is 0.411. The monoisotopic (exact) mass is 316 g/mol. The number of nitrogens with two attached hydrogens (primary N) is 1. The maximum Gasteiger partial charge on any atom is 0.235 e. The average molecular weight is 316 g/mol. The van der Waals surface area contributed by atoms with Gasteiger partial charge in [0.1, 0.15) is 5.51 Å². The second kappa shape index (κ2) is 6.22. The number of aromatic nitrogens is 2. The van der Waals surface area contributed by atoms with Gasteiger partial charge in [0.25, 0.3) is 0 Å². The standard InChI is InChI=1S/C10H12N4O2S3/c11-8-3-1-2-4-9(8)17-5-6-19(15,16)14-10-13-12-7-18-10/h1-4,7H,5-6,11H2,(H,13,14). The molecule has 9 heteroatoms. The number of nitrogen functional groups attached to an aromatic ring is 1. The number of thioether (sulfide) groups is 1. The Hall–Kier alpha value is -1.32. The van der Waals surface area contributed by atoms with Crippen LogP contribution in [0.5, 0.6) is 0 Å². The first-order valence-corrected chi connectivity index (χ1v) is 8.82. The van der Waals surface area contributed by atoms with Crippen molar-refractivity contribution in [3.05, 3.63) is 29.8 Å². The molecule has 102 valence electrons. The summed E-state index contributed by atoms with van der Waals surface area (Å²) in [5, 5.41) is 7.48. The van der Waals surface area contributed by atoms with Crippen LogP contribution in [0.1, 0.15) is 0 Å². The Morgan fingerprint density at radius 1 is 1.37 bits per heavy atom. The molecule has 1 heterocycles. The molecule has 0 bridgehead atoms. The van der Waals surface area contributed by atoms with Crippen molar-refractivity contribution in [2.24, 2.45) is 0 Å². The molecule has 2 aromatic rings. The first-order valence-electron chi connectivity index (χ1n) is 5.31. The van der Waals surface area contributed by atoms with E-state index < -0.39 is 10.0 Å². The van der Waals surface area contributed by atoms with E-state index in [-0.39, 0.29) is 10.9 Å². The van der Waals surface area contributed by atoms with Crippen molar-refractivity contribution in [3.63, 3.8) is 0 Å². The number of sulfonamides is 1. The molecule has 0 atom stereocenters. The Labute approximate surface area is 119 Å². The zero-order valence-corrected chi connectivity index (χ0v) is 12.3. The minimum Gasteiger partial charge on any atom is -0.398 e. The van der Waals surface area contributed by atoms with Crippen LogP contribution in [0.25, 0.3) is 0 Å². The predicted octanol–water partition coefficient (Wildman–Crippen LogP) is 1.65. The number of hydrogen-bond donors (Lipinski definition) is 2. The normalized spacial score (nSPS) is 11.4. The molecular formula is C10H12N4O2S3. The lowest BCUT2D eigenvalue weighted by Crippen LogP contribution is -2.18. The van der Waals surface area contributed by atoms with Crippen LogP contribution >= 0.6 is 23.1 Å². The van der Waals surface area contributed by atoms with Gasteiger partial charge in [-0.05, 0) is 12.1 Å². The molecule has 1 aromatic heterocycles. The first kappa shape index (κ1) is 14.1. The molecule has 0 saturated carbocycles. The van der Waals surface area contributed by atoms with Gasteiger partial charge in [-0.2, -0.15) is 0 Å². The molecule has 1 aromatic carbocycles. The Kier molecular flexibility index (Phi) is 4.61. The van der Waals surface area contributed by atoms with Crippen LogP contribution < -0.4 is 10.5 Å². The third-order valence-corrected chi connectivity index (χ3v) is 5.46. The highest BCUT2D eigenvalue weighted by Gasteiger charge is 2.12. The summed E-state index contributed by atoms with van der Waals surface area (Å²) < 4.78 is 25.9. The summed E-state index contributed by atoms with van der Waals surface area (Å²) in [6.07, 6.45) is 0. The minimum absolute atomic E-state index is 0.00835. The fourth-order valence-corrected chi connectivity index (χ4v) is 4.39. The van der Waals surface area contributed by atoms with E-state index in [0.29, 0.717) is 11.4 Å². The third kappa shape index (κ3) is 4.37. The van der Waals surface area contributed by atoms with Crippen LogP contribution in [0.4, 0.5) is 10.8 Å². The Morgan fingerprint density at radius 2 is 2.16 bits per heavy atom. The fraction of sp³-hybridized carbons (Fsp3) is 0.200. The van der Waals surface area contributed by atoms with Gasteiger partial charge in [-0.1, -0.05) is 23.5 Å². The predicted molar refractivity (Wildman–Crippen MR) is 78.9 cm³/mol. The Bertz CT molecular complexity index is 628. The molecule has 0 unspecified atom stereocenters. The number of benzene rings is 1. The summed E-state index contributed by atoms with van der Waals surface area (Å²) in [4.78, 5) is 0.883. The molecule has 0 radical (unpaired) electrons. The lowest BCUT2D eigenvalue weighted by molar-refractivity contribution is 0.602. The van der Waals surface area contributed by atoms with Gasteiger partial charge < -0.3 is 5.73 Å². The zero-order valence-electron chi connectivity index (χ0n) is 9.81. The molecule has 2 rings (SSSR count). The van der Waals surface area contributed by atoms with Crippen LogP contribution in [0.15, 0.2) is 34.7 Å². The second-order valence-electron chi connectivity index (χ2n) is 3.55. The molecule has 3 N–H and O–H groups in total. The van der Waals surface area contributed by atoms with Crippen LogP contribution in [-0.4, -0.2) is 30.1 Å². The van der Waals surface area contributed by atoms with Crippen LogP contribution in [0, 0.1) is 0 Å². The number of anilines is 2. The molecule has 0 aliphatic heterocycles. The minimum atomic E-state index is -3.39. The number of rotatable bonds is 6. The van der Waals surface area contributed by atoms with Crippen LogP contribution in [-0.2, 0) is 10.0 Å². The number of para-hydroxylation sites is 1. The summed E-state index contributed by atoms with van der Waals surface area (Å²) in [7, 11) is -3.39. The van der Waals surface area contributed by atoms with Crippen molar-refractivity contribution in [1.82, 2.24) is 10.2 Å². The third-order valence-electron chi connectivity index (χ3n) is 2.13. The van der Waals surface area contributed by atoms with Gasteiger partial charge in [0.05, 0.1) is 5.75 Å². The van der Waals surface area contributed by atoms with Crippen molar-refractivity contribution >= 4 is 43.9 Å². The maximum atomic E-state index is 11.8. The second-order valence-corrected chi connectivity index (χ2v) is 7.36. The maximum absolute atomic E-state index is 11.8. The highest BCUT2D eigenvalue weighted by molar-refractivity contribution is 8.01. The topological polar surface area (TPSA) is 98.0 Å². The summed E-state index contributed by atoms with van der Waals surface area (Å²) in [6, 6.07) is 7.36. The molecule has 0 spiro atoms. The van der Waals surface area contributed by atoms with E-state index in [2.05, 4.69) is 14.9 Å². The smallest absolute Gasteiger partial charge is 0.235 e. The van der Waals surface area contributed by atoms with E-state index in [9.17, 15) is 8.42 Å². The van der Waals surface area contributed by atoms with Crippen molar-refractivity contribution in [2.45, 2.75) is 4.90 Å². The molecule has 0 aliphatic carbocycles. The molecule has 0 fully saturated rings. The van der Waals surface area contributed by atoms with E-state index in [1.54, 1.807) is 6.07 Å². The Balaban J connectivity index is 1.87. The lowest BCUT2D eigenvalue weighted by Gasteiger charge is -2.06. The molecular weight excluding hydrogens is 304 g/mol. The molecule has 0 amide bonds. The van der Waals surface area contributed by atoms with E-state index in [0.717, 1.165) is 16.2 Å². The molecule has 6 nitrogen and oxygen atoms in total. The first-order chi connectivity index (χ1) is 9.07. The highest BCUT2D eigenvalue weighted by atomic mass is 32.2. The lowest BCUT2D eigenvalue weighted by atomic mass is 10.3. The van der Waals surface area contributed by atoms with Crippen LogP contribution in [0.2, 0.25) is 0 Å². The molecule has 19 heavy (non-hydrogen) atoms. The number of nitrogens with one attached hydrogen (secondary N) is 1. The van der Waals surface area contributed by atoms with Gasteiger partial charge in [0.15, 0.2) is 0 Å². The van der Waals surface area contributed by atoms with Gasteiger partial charge in [-0.15, -0.1) is 22.0 Å². The molecule has 0 saturated heterocycles. The average Bonchev–Trinajstić information content (AvgIpc) is 2.83. The van der Waals surface area contributed by atoms with Crippen molar-refractivity contribution < 1.29 is 8.42 Å². The van der Waals surface area contributed by atoms with E-state index in [1.165, 1.54) is 17.3 Å². The number of nitrogens with zero attached hydrogens (tertiary/aromatic N) is 2. The zero-order chi connectivity index (χ0) is 13.7. The fourth-order valence-electron chi connectivity index (χ4n) is 1.27. The number of hydrogen-bond acceptors (Lipinski definition) is 7. The SMILES string of the molecule is Nc1ccccc1SCCS(=O)(=O)Nc1nncs1. The van der Waals surface area contributed by atoms with E-state index >= 15 is 0 Å². The van der Waals surface area contributed by atoms with Crippen molar-refractivity contribution in [3.8, 4) is 0 Å². The van der Waals surface area contributed by atoms with E-state index in [4.69, 9.17) is 5.73 Å². The van der Waals surface area contributed by atoms with Crippen LogP contribution in [0.3, 0.4) is 0 Å². The van der Waals surface area contributed by atoms with Gasteiger partial charge in [0, 0.05) is 16.3 Å². The molecule has 0 aliphatic rings. The van der Waals surface area contributed by atoms with Gasteiger partial charge in [-0.3, -0.25) is 4.72 Å². The Morgan fingerprint density at radius 3 is 2.84 bits per heavy atom.